The van der Waals surface area contributed by atoms with Gasteiger partial charge in [0.1, 0.15) is 18.7 Å². The average Bonchev–Trinajstić information content (AvgIpc) is 3.95. The van der Waals surface area contributed by atoms with Gasteiger partial charge in [-0.3, -0.25) is 9.59 Å². The fraction of sp³-hybridized carbons (Fsp3) is 0.732. The SMILES string of the molecule is C#CCOCCOCCOCCNc1nc(N2CCN(C(=O)[C@H](C(C)C)n3cc(CCO)nn3)CC2)nc(N2CCN(C(=O)[C@H]([C@@H](C)CC)n3cc(CCCC[NH3+])nn3)CC2)n1. The number of anilines is 3. The number of ether oxygens (including phenoxy) is 3. The van der Waals surface area contributed by atoms with Crippen molar-refractivity contribution < 1.29 is 34.6 Å². The number of aliphatic hydroxyl groups excluding tert-OH is 1. The van der Waals surface area contributed by atoms with Crippen LogP contribution in [-0.4, -0.2) is 183 Å². The van der Waals surface area contributed by atoms with E-state index in [4.69, 9.17) is 35.6 Å². The number of nitrogens with zero attached hydrogens (tertiary/aromatic N) is 13. The summed E-state index contributed by atoms with van der Waals surface area (Å²) in [5.41, 5.74) is 5.47. The Balaban J connectivity index is 1.23. The van der Waals surface area contributed by atoms with Crippen molar-refractivity contribution >= 4 is 29.7 Å². The fourth-order valence-corrected chi connectivity index (χ4v) is 7.42. The van der Waals surface area contributed by atoms with Crippen LogP contribution in [0.1, 0.15) is 70.4 Å². The number of nitrogens with one attached hydrogen (secondary N) is 1. The molecule has 2 aliphatic heterocycles. The third kappa shape index (κ3) is 13.7. The van der Waals surface area contributed by atoms with Gasteiger partial charge in [-0.05, 0) is 31.1 Å². The zero-order valence-electron chi connectivity index (χ0n) is 37.1. The smallest absolute Gasteiger partial charge is 0.247 e. The normalized spacial score (nSPS) is 16.1. The monoisotopic (exact) mass is 867 g/mol. The minimum Gasteiger partial charge on any atom is -0.396 e. The molecule has 3 atom stereocenters. The molecule has 0 bridgehead atoms. The van der Waals surface area contributed by atoms with Gasteiger partial charge in [0.25, 0.3) is 0 Å². The van der Waals surface area contributed by atoms with E-state index in [0.29, 0.717) is 122 Å². The highest BCUT2D eigenvalue weighted by Crippen LogP contribution is 2.26. The Morgan fingerprint density at radius 3 is 1.84 bits per heavy atom. The molecule has 21 nitrogen and oxygen atoms in total. The standard InChI is InChI=1S/C41H67N15O6/c1-6-23-60-25-27-62-28-26-61-24-13-43-39-44-40(53-18-14-51(15-19-53)37(58)35(31(3)4)55-30-34(11-22-57)48-49-55)46-41(45-39)54-20-16-52(17-21-54)38(59)36(32(5)7-2)56-29-33(47-50-56)10-8-9-12-42/h1,29-32,35-36,57H,7-28,42H2,2-5H3,(H,43,44,45,46)/p+1/t32-,35-,36-/m0/s1. The molecule has 0 radical (unpaired) electrons. The lowest BCUT2D eigenvalue weighted by molar-refractivity contribution is -0.368. The summed E-state index contributed by atoms with van der Waals surface area (Å²) in [5.74, 6) is 3.91. The molecule has 0 unspecified atom stereocenters. The molecular weight excluding hydrogens is 799 g/mol. The van der Waals surface area contributed by atoms with Crippen LogP contribution in [0.3, 0.4) is 0 Å². The van der Waals surface area contributed by atoms with Crippen molar-refractivity contribution in [3.05, 3.63) is 23.8 Å². The van der Waals surface area contributed by atoms with Gasteiger partial charge in [0.05, 0.1) is 51.0 Å². The minimum atomic E-state index is -0.518. The van der Waals surface area contributed by atoms with Gasteiger partial charge in [-0.1, -0.05) is 50.5 Å². The van der Waals surface area contributed by atoms with E-state index in [2.05, 4.69) is 61.2 Å². The summed E-state index contributed by atoms with van der Waals surface area (Å²) in [6, 6.07) is -0.959. The van der Waals surface area contributed by atoms with E-state index in [-0.39, 0.29) is 36.9 Å². The molecule has 2 amide bonds. The van der Waals surface area contributed by atoms with E-state index in [1.807, 2.05) is 29.8 Å². The molecule has 0 aliphatic carbocycles. The summed E-state index contributed by atoms with van der Waals surface area (Å²) >= 11 is 0. The van der Waals surface area contributed by atoms with Crippen LogP contribution >= 0.6 is 0 Å². The van der Waals surface area contributed by atoms with Crippen LogP contribution < -0.4 is 20.9 Å². The lowest BCUT2D eigenvalue weighted by Crippen LogP contribution is -2.52. The van der Waals surface area contributed by atoms with Crippen LogP contribution in [0.25, 0.3) is 0 Å². The first kappa shape index (κ1) is 48.0. The summed E-state index contributed by atoms with van der Waals surface area (Å²) in [6.45, 7) is 15.9. The van der Waals surface area contributed by atoms with Crippen molar-refractivity contribution in [2.75, 3.05) is 127 Å². The second-order valence-corrected chi connectivity index (χ2v) is 16.0. The second-order valence-electron chi connectivity index (χ2n) is 16.0. The number of quaternary nitrogens is 1. The summed E-state index contributed by atoms with van der Waals surface area (Å²) in [5, 5.41) is 29.8. The maximum Gasteiger partial charge on any atom is 0.247 e. The molecule has 21 heteroatoms. The van der Waals surface area contributed by atoms with Crippen LogP contribution in [0.4, 0.5) is 17.8 Å². The molecule has 342 valence electrons. The molecule has 5 N–H and O–H groups in total. The molecular formula is C41H68N15O6+. The lowest BCUT2D eigenvalue weighted by atomic mass is 9.97. The summed E-state index contributed by atoms with van der Waals surface area (Å²) in [7, 11) is 0. The average molecular weight is 867 g/mol. The number of amides is 2. The first-order valence-corrected chi connectivity index (χ1v) is 22.1. The predicted molar refractivity (Wildman–Crippen MR) is 231 cm³/mol. The number of carbonyl (C=O) groups excluding carboxylic acids is 2. The largest absolute Gasteiger partial charge is 0.396 e. The number of hydrogen-bond acceptors (Lipinski definition) is 16. The Hall–Kier alpha value is -5.01. The molecule has 62 heavy (non-hydrogen) atoms. The van der Waals surface area contributed by atoms with Crippen molar-refractivity contribution in [1.29, 1.82) is 0 Å². The number of aliphatic hydroxyl groups is 1. The van der Waals surface area contributed by atoms with Gasteiger partial charge in [0, 0.05) is 84.3 Å². The highest BCUT2D eigenvalue weighted by molar-refractivity contribution is 5.81. The molecule has 0 spiro atoms. The van der Waals surface area contributed by atoms with E-state index in [0.717, 1.165) is 37.9 Å². The van der Waals surface area contributed by atoms with E-state index in [9.17, 15) is 14.7 Å². The van der Waals surface area contributed by atoms with E-state index in [1.54, 1.807) is 15.6 Å². The highest BCUT2D eigenvalue weighted by atomic mass is 16.5. The molecule has 2 aliphatic rings. The number of terminal acetylenes is 1. The summed E-state index contributed by atoms with van der Waals surface area (Å²) in [4.78, 5) is 50.6. The lowest BCUT2D eigenvalue weighted by Gasteiger charge is -2.38. The number of rotatable bonds is 26. The molecule has 3 aromatic heterocycles. The molecule has 2 saturated heterocycles. The van der Waals surface area contributed by atoms with Crippen molar-refractivity contribution in [1.82, 2.24) is 54.7 Å². The Kier molecular flexibility index (Phi) is 19.5. The second kappa shape index (κ2) is 25.2. The van der Waals surface area contributed by atoms with Crippen LogP contribution in [0.5, 0.6) is 0 Å². The zero-order valence-corrected chi connectivity index (χ0v) is 37.1. The molecule has 2 fully saturated rings. The number of hydrogen-bond donors (Lipinski definition) is 3. The van der Waals surface area contributed by atoms with Gasteiger partial charge in [-0.2, -0.15) is 15.0 Å². The topological polar surface area (TPSA) is 235 Å². The first-order valence-electron chi connectivity index (χ1n) is 22.1. The van der Waals surface area contributed by atoms with Crippen molar-refractivity contribution in [2.45, 2.75) is 71.9 Å². The quantitative estimate of drug-likeness (QED) is 0.0696. The van der Waals surface area contributed by atoms with Crippen molar-refractivity contribution in [3.8, 4) is 12.3 Å². The maximum absolute atomic E-state index is 14.1. The summed E-state index contributed by atoms with van der Waals surface area (Å²) in [6.07, 6.45) is 12.9. The van der Waals surface area contributed by atoms with Gasteiger partial charge in [0.2, 0.25) is 29.7 Å². The molecule has 5 rings (SSSR count). The molecule has 0 aromatic carbocycles. The van der Waals surface area contributed by atoms with Gasteiger partial charge >= 0.3 is 0 Å². The van der Waals surface area contributed by atoms with Crippen molar-refractivity contribution in [2.24, 2.45) is 11.8 Å². The Morgan fingerprint density at radius 2 is 1.31 bits per heavy atom. The number of piperazine rings is 2. The molecule has 0 saturated carbocycles. The van der Waals surface area contributed by atoms with Crippen molar-refractivity contribution in [3.63, 3.8) is 0 Å². The fourth-order valence-electron chi connectivity index (χ4n) is 7.42. The highest BCUT2D eigenvalue weighted by Gasteiger charge is 2.35. The number of aryl methyl sites for hydroxylation is 1. The van der Waals surface area contributed by atoms with Crippen LogP contribution in [-0.2, 0) is 36.6 Å². The van der Waals surface area contributed by atoms with Crippen LogP contribution in [0, 0.1) is 24.2 Å². The van der Waals surface area contributed by atoms with E-state index >= 15 is 0 Å². The maximum atomic E-state index is 14.1. The van der Waals surface area contributed by atoms with E-state index < -0.39 is 12.1 Å². The molecule has 5 heterocycles. The van der Waals surface area contributed by atoms with Crippen LogP contribution in [0.15, 0.2) is 12.4 Å². The number of aromatic nitrogens is 9. The Labute approximate surface area is 365 Å². The van der Waals surface area contributed by atoms with Gasteiger partial charge in [-0.25, -0.2) is 9.36 Å². The first-order chi connectivity index (χ1) is 30.2. The predicted octanol–water partition coefficient (Wildman–Crippen LogP) is -0.269. The third-order valence-corrected chi connectivity index (χ3v) is 11.1. The molecule has 3 aromatic rings. The Morgan fingerprint density at radius 1 is 0.774 bits per heavy atom. The van der Waals surface area contributed by atoms with E-state index in [1.165, 1.54) is 0 Å². The third-order valence-electron chi connectivity index (χ3n) is 11.1. The number of carbonyl (C=O) groups is 2. The zero-order chi connectivity index (χ0) is 44.3. The Bertz CT molecular complexity index is 1840. The minimum absolute atomic E-state index is 0.0233. The van der Waals surface area contributed by atoms with Gasteiger partial charge in [-0.15, -0.1) is 16.6 Å². The summed E-state index contributed by atoms with van der Waals surface area (Å²) < 4.78 is 19.9. The van der Waals surface area contributed by atoms with Gasteiger partial charge in [0.15, 0.2) is 0 Å². The van der Waals surface area contributed by atoms with Gasteiger partial charge < -0.3 is 50.0 Å². The van der Waals surface area contributed by atoms with Crippen LogP contribution in [0.2, 0.25) is 0 Å². The number of unbranched alkanes of at least 4 members (excludes halogenated alkanes) is 1.